The lowest BCUT2D eigenvalue weighted by molar-refractivity contribution is 0.0761. The minimum atomic E-state index is -0.223. The molecule has 0 bridgehead atoms. The normalized spacial score (nSPS) is 14.6. The van der Waals surface area contributed by atoms with Gasteiger partial charge < -0.3 is 16.0 Å². The number of nitrogens with two attached hydrogens (primary N) is 1. The van der Waals surface area contributed by atoms with Crippen molar-refractivity contribution in [2.75, 3.05) is 24.1 Å². The molecule has 3 rings (SSSR count). The first-order valence-corrected chi connectivity index (χ1v) is 8.70. The average Bonchev–Trinajstić information content (AvgIpc) is 2.91. The third-order valence-electron chi connectivity index (χ3n) is 4.43. The van der Waals surface area contributed by atoms with Crippen LogP contribution in [0.15, 0.2) is 48.5 Å². The van der Waals surface area contributed by atoms with Gasteiger partial charge in [0.25, 0.3) is 11.8 Å². The Balaban J connectivity index is 1.65. The van der Waals surface area contributed by atoms with Crippen LogP contribution in [0.25, 0.3) is 0 Å². The van der Waals surface area contributed by atoms with Crippen LogP contribution in [0, 0.1) is 0 Å². The molecule has 3 N–H and O–H groups in total. The van der Waals surface area contributed by atoms with E-state index in [-0.39, 0.29) is 11.8 Å². The van der Waals surface area contributed by atoms with Crippen LogP contribution in [0.5, 0.6) is 0 Å². The van der Waals surface area contributed by atoms with Crippen LogP contribution in [0.3, 0.4) is 0 Å². The largest absolute Gasteiger partial charge is 0.399 e. The fourth-order valence-electron chi connectivity index (χ4n) is 3.04. The number of hydrogen-bond donors (Lipinski definition) is 2. The number of anilines is 2. The number of hydrogen-bond acceptors (Lipinski definition) is 3. The van der Waals surface area contributed by atoms with Crippen LogP contribution in [-0.4, -0.2) is 29.8 Å². The Hall–Kier alpha value is -2.82. The molecule has 1 fully saturated rings. The second kappa shape index (κ2) is 7.83. The highest BCUT2D eigenvalue weighted by Crippen LogP contribution is 2.16. The van der Waals surface area contributed by atoms with E-state index in [9.17, 15) is 9.59 Å². The first kappa shape index (κ1) is 17.0. The highest BCUT2D eigenvalue weighted by atomic mass is 16.2. The Morgan fingerprint density at radius 1 is 0.880 bits per heavy atom. The molecule has 0 saturated carbocycles. The van der Waals surface area contributed by atoms with Gasteiger partial charge in [0.05, 0.1) is 0 Å². The summed E-state index contributed by atoms with van der Waals surface area (Å²) >= 11 is 0. The quantitative estimate of drug-likeness (QED) is 0.841. The van der Waals surface area contributed by atoms with Crippen molar-refractivity contribution in [2.24, 2.45) is 0 Å². The Labute approximate surface area is 147 Å². The summed E-state index contributed by atoms with van der Waals surface area (Å²) in [6.07, 6.45) is 4.53. The number of carbonyl (C=O) groups is 2. The average molecular weight is 337 g/mol. The van der Waals surface area contributed by atoms with Crippen LogP contribution in [0.1, 0.15) is 46.4 Å². The van der Waals surface area contributed by atoms with E-state index in [1.807, 2.05) is 4.90 Å². The summed E-state index contributed by atoms with van der Waals surface area (Å²) in [5.74, 6) is -0.158. The van der Waals surface area contributed by atoms with E-state index in [1.54, 1.807) is 48.5 Å². The van der Waals surface area contributed by atoms with E-state index in [4.69, 9.17) is 5.73 Å². The summed E-state index contributed by atoms with van der Waals surface area (Å²) in [5.41, 5.74) is 8.06. The molecular weight excluding hydrogens is 314 g/mol. The van der Waals surface area contributed by atoms with Gasteiger partial charge in [-0.25, -0.2) is 0 Å². The predicted molar refractivity (Wildman–Crippen MR) is 99.6 cm³/mol. The minimum absolute atomic E-state index is 0.0654. The van der Waals surface area contributed by atoms with Gasteiger partial charge in [-0.1, -0.05) is 18.9 Å². The molecule has 0 spiro atoms. The van der Waals surface area contributed by atoms with Gasteiger partial charge in [0, 0.05) is 35.6 Å². The molecule has 25 heavy (non-hydrogen) atoms. The molecule has 0 radical (unpaired) electrons. The zero-order valence-electron chi connectivity index (χ0n) is 14.2. The Morgan fingerprint density at radius 3 is 2.20 bits per heavy atom. The van der Waals surface area contributed by atoms with E-state index in [0.717, 1.165) is 25.9 Å². The van der Waals surface area contributed by atoms with Crippen LogP contribution in [0.2, 0.25) is 0 Å². The van der Waals surface area contributed by atoms with Crippen LogP contribution in [-0.2, 0) is 0 Å². The zero-order valence-corrected chi connectivity index (χ0v) is 14.2. The van der Waals surface area contributed by atoms with Gasteiger partial charge in [0.1, 0.15) is 0 Å². The lowest BCUT2D eigenvalue weighted by Crippen LogP contribution is -2.31. The maximum absolute atomic E-state index is 12.6. The van der Waals surface area contributed by atoms with E-state index in [2.05, 4.69) is 5.32 Å². The summed E-state index contributed by atoms with van der Waals surface area (Å²) < 4.78 is 0. The molecule has 0 atom stereocenters. The molecule has 1 heterocycles. The molecule has 0 aliphatic carbocycles. The topological polar surface area (TPSA) is 75.4 Å². The molecule has 5 heteroatoms. The lowest BCUT2D eigenvalue weighted by Gasteiger charge is -2.20. The first-order valence-electron chi connectivity index (χ1n) is 8.70. The molecular formula is C20H23N3O2. The molecule has 2 amide bonds. The Morgan fingerprint density at radius 2 is 1.56 bits per heavy atom. The summed E-state index contributed by atoms with van der Waals surface area (Å²) in [4.78, 5) is 26.7. The first-order chi connectivity index (χ1) is 12.1. The molecule has 0 aromatic heterocycles. The second-order valence-corrected chi connectivity index (χ2v) is 6.36. The Bertz CT molecular complexity index is 748. The van der Waals surface area contributed by atoms with Gasteiger partial charge >= 0.3 is 0 Å². The molecule has 1 aliphatic heterocycles. The lowest BCUT2D eigenvalue weighted by atomic mass is 10.1. The van der Waals surface area contributed by atoms with E-state index < -0.39 is 0 Å². The van der Waals surface area contributed by atoms with Gasteiger partial charge in [-0.3, -0.25) is 9.59 Å². The molecule has 5 nitrogen and oxygen atoms in total. The molecule has 2 aromatic rings. The molecule has 1 saturated heterocycles. The maximum Gasteiger partial charge on any atom is 0.255 e. The second-order valence-electron chi connectivity index (χ2n) is 6.36. The number of nitrogen functional groups attached to an aromatic ring is 1. The van der Waals surface area contributed by atoms with Crippen molar-refractivity contribution in [3.05, 3.63) is 59.7 Å². The number of rotatable bonds is 3. The van der Waals surface area contributed by atoms with Crippen LogP contribution >= 0.6 is 0 Å². The standard InChI is InChI=1S/C20H23N3O2/c21-17-7-5-6-16(14-17)19(24)22-18-10-8-15(9-11-18)20(25)23-12-3-1-2-4-13-23/h5-11,14H,1-4,12-13,21H2,(H,22,24). The summed E-state index contributed by atoms with van der Waals surface area (Å²) in [6.45, 7) is 1.65. The van der Waals surface area contributed by atoms with Gasteiger partial charge in [0.15, 0.2) is 0 Å². The molecule has 0 unspecified atom stereocenters. The fraction of sp³-hybridized carbons (Fsp3) is 0.300. The molecule has 2 aromatic carbocycles. The van der Waals surface area contributed by atoms with Gasteiger partial charge in [0.2, 0.25) is 0 Å². The third-order valence-corrected chi connectivity index (χ3v) is 4.43. The summed E-state index contributed by atoms with van der Waals surface area (Å²) in [7, 11) is 0. The number of nitrogens with zero attached hydrogens (tertiary/aromatic N) is 1. The maximum atomic E-state index is 12.6. The Kier molecular flexibility index (Phi) is 5.33. The van der Waals surface area contributed by atoms with Crippen molar-refractivity contribution in [2.45, 2.75) is 25.7 Å². The monoisotopic (exact) mass is 337 g/mol. The SMILES string of the molecule is Nc1cccc(C(=O)Nc2ccc(C(=O)N3CCCCCC3)cc2)c1. The third kappa shape index (κ3) is 4.38. The van der Waals surface area contributed by atoms with Crippen LogP contribution < -0.4 is 11.1 Å². The number of carbonyl (C=O) groups excluding carboxylic acids is 2. The van der Waals surface area contributed by atoms with Crippen molar-refractivity contribution in [1.29, 1.82) is 0 Å². The van der Waals surface area contributed by atoms with Gasteiger partial charge in [-0.05, 0) is 55.3 Å². The number of benzene rings is 2. The van der Waals surface area contributed by atoms with Crippen molar-refractivity contribution < 1.29 is 9.59 Å². The number of nitrogens with one attached hydrogen (secondary N) is 1. The zero-order chi connectivity index (χ0) is 17.6. The van der Waals surface area contributed by atoms with E-state index in [0.29, 0.717) is 22.5 Å². The number of amides is 2. The van der Waals surface area contributed by atoms with Crippen LogP contribution in [0.4, 0.5) is 11.4 Å². The van der Waals surface area contributed by atoms with Crippen molar-refractivity contribution >= 4 is 23.2 Å². The summed E-state index contributed by atoms with van der Waals surface area (Å²) in [5, 5.41) is 2.82. The highest BCUT2D eigenvalue weighted by molar-refractivity contribution is 6.05. The highest BCUT2D eigenvalue weighted by Gasteiger charge is 2.17. The van der Waals surface area contributed by atoms with Crippen molar-refractivity contribution in [1.82, 2.24) is 4.90 Å². The predicted octanol–water partition coefficient (Wildman–Crippen LogP) is 3.54. The van der Waals surface area contributed by atoms with E-state index in [1.165, 1.54) is 12.8 Å². The van der Waals surface area contributed by atoms with Gasteiger partial charge in [-0.2, -0.15) is 0 Å². The van der Waals surface area contributed by atoms with Crippen molar-refractivity contribution in [3.8, 4) is 0 Å². The number of likely N-dealkylation sites (tertiary alicyclic amines) is 1. The molecule has 1 aliphatic rings. The minimum Gasteiger partial charge on any atom is -0.399 e. The fourth-order valence-corrected chi connectivity index (χ4v) is 3.04. The molecule has 130 valence electrons. The van der Waals surface area contributed by atoms with E-state index >= 15 is 0 Å². The summed E-state index contributed by atoms with van der Waals surface area (Å²) in [6, 6.07) is 13.9. The van der Waals surface area contributed by atoms with Gasteiger partial charge in [-0.15, -0.1) is 0 Å². The van der Waals surface area contributed by atoms with Crippen molar-refractivity contribution in [3.63, 3.8) is 0 Å². The smallest absolute Gasteiger partial charge is 0.255 e.